The van der Waals surface area contributed by atoms with E-state index < -0.39 is 35.0 Å². The second kappa shape index (κ2) is 11.1. The van der Waals surface area contributed by atoms with Crippen molar-refractivity contribution < 1.29 is 28.6 Å². The monoisotopic (exact) mass is 443 g/mol. The minimum atomic E-state index is -1.75. The number of rotatable bonds is 9. The van der Waals surface area contributed by atoms with Crippen molar-refractivity contribution in [3.8, 4) is 12.1 Å². The summed E-state index contributed by atoms with van der Waals surface area (Å²) in [6.07, 6.45) is 0.0189. The van der Waals surface area contributed by atoms with E-state index in [9.17, 15) is 24.9 Å². The van der Waals surface area contributed by atoms with Gasteiger partial charge in [-0.25, -0.2) is 14.4 Å². The maximum Gasteiger partial charge on any atom is 0.340 e. The molecule has 1 rings (SSSR count). The fraction of sp³-hybridized carbons (Fsp3) is 0.522. The third-order valence-corrected chi connectivity index (χ3v) is 4.46. The Morgan fingerprint density at radius 3 is 2.06 bits per heavy atom. The molecule has 1 atom stereocenters. The number of ether oxygens (including phenoxy) is 3. The molecule has 9 heteroatoms. The van der Waals surface area contributed by atoms with Gasteiger partial charge in [0, 0.05) is 5.69 Å². The molecule has 9 nitrogen and oxygen atoms in total. The smallest absolute Gasteiger partial charge is 0.340 e. The second-order valence-corrected chi connectivity index (χ2v) is 7.84. The van der Waals surface area contributed by atoms with E-state index in [-0.39, 0.29) is 36.4 Å². The molecular weight excluding hydrogens is 414 g/mol. The van der Waals surface area contributed by atoms with E-state index in [4.69, 9.17) is 14.2 Å². The highest BCUT2D eigenvalue weighted by atomic mass is 16.6. The average Bonchev–Trinajstić information content (AvgIpc) is 2.72. The van der Waals surface area contributed by atoms with Crippen LogP contribution >= 0.6 is 0 Å². The van der Waals surface area contributed by atoms with Gasteiger partial charge in [0.05, 0.1) is 36.5 Å². The minimum absolute atomic E-state index is 0.0189. The number of nitrogens with one attached hydrogen (secondary N) is 1. The summed E-state index contributed by atoms with van der Waals surface area (Å²) in [5.74, 6) is -3.61. The number of nitrogens with zero attached hydrogens (tertiary/aromatic N) is 2. The molecule has 0 aromatic heterocycles. The molecule has 0 radical (unpaired) electrons. The standard InChI is InChI=1S/C23H29N3O6/c1-7-23(16(13-24)14-25,21(29)31-9-3)26-18-11-10-15(19(27)30-8-2)12-17(18)20(28)32-22(4,5)6/h10-12,16,26H,7-9H2,1-6H3. The molecule has 0 bridgehead atoms. The van der Waals surface area contributed by atoms with E-state index >= 15 is 0 Å². The van der Waals surface area contributed by atoms with Crippen LogP contribution in [0.25, 0.3) is 0 Å². The highest BCUT2D eigenvalue weighted by Crippen LogP contribution is 2.31. The van der Waals surface area contributed by atoms with E-state index in [0.717, 1.165) is 0 Å². The second-order valence-electron chi connectivity index (χ2n) is 7.84. The van der Waals surface area contributed by atoms with E-state index in [2.05, 4.69) is 5.32 Å². The molecule has 1 N–H and O–H groups in total. The van der Waals surface area contributed by atoms with Gasteiger partial charge >= 0.3 is 17.9 Å². The van der Waals surface area contributed by atoms with Gasteiger partial charge in [0.2, 0.25) is 0 Å². The lowest BCUT2D eigenvalue weighted by Gasteiger charge is -2.33. The first-order valence-electron chi connectivity index (χ1n) is 10.3. The van der Waals surface area contributed by atoms with Crippen LogP contribution in [0.4, 0.5) is 5.69 Å². The Morgan fingerprint density at radius 2 is 1.59 bits per heavy atom. The molecule has 1 unspecified atom stereocenters. The predicted octanol–water partition coefficient (Wildman–Crippen LogP) is 3.61. The SMILES string of the molecule is CCOC(=O)c1ccc(NC(CC)(C(=O)OCC)C(C#N)C#N)c(C(=O)OC(C)(C)C)c1. The molecule has 0 saturated carbocycles. The largest absolute Gasteiger partial charge is 0.464 e. The average molecular weight is 444 g/mol. The third kappa shape index (κ3) is 6.21. The van der Waals surface area contributed by atoms with E-state index in [1.165, 1.54) is 18.2 Å². The van der Waals surface area contributed by atoms with Crippen molar-refractivity contribution in [2.75, 3.05) is 18.5 Å². The summed E-state index contributed by atoms with van der Waals surface area (Å²) >= 11 is 0. The van der Waals surface area contributed by atoms with Gasteiger partial charge in [0.1, 0.15) is 5.60 Å². The fourth-order valence-electron chi connectivity index (χ4n) is 2.92. The summed E-state index contributed by atoms with van der Waals surface area (Å²) in [6, 6.07) is 7.74. The number of hydrogen-bond donors (Lipinski definition) is 1. The number of nitriles is 2. The molecule has 0 fully saturated rings. The van der Waals surface area contributed by atoms with E-state index in [0.29, 0.717) is 0 Å². The summed E-state index contributed by atoms with van der Waals surface area (Å²) in [5.41, 5.74) is -2.42. The number of anilines is 1. The zero-order chi connectivity index (χ0) is 24.5. The Morgan fingerprint density at radius 1 is 1.00 bits per heavy atom. The van der Waals surface area contributed by atoms with Crippen LogP contribution in [0.3, 0.4) is 0 Å². The fourth-order valence-corrected chi connectivity index (χ4v) is 2.92. The summed E-state index contributed by atoms with van der Waals surface area (Å²) in [6.45, 7) is 10.1. The number of esters is 3. The lowest BCUT2D eigenvalue weighted by molar-refractivity contribution is -0.149. The van der Waals surface area contributed by atoms with Crippen LogP contribution in [-0.2, 0) is 19.0 Å². The third-order valence-electron chi connectivity index (χ3n) is 4.46. The molecular formula is C23H29N3O6. The highest BCUT2D eigenvalue weighted by Gasteiger charge is 2.47. The molecule has 0 saturated heterocycles. The first kappa shape index (κ1) is 26.4. The lowest BCUT2D eigenvalue weighted by atomic mass is 9.82. The van der Waals surface area contributed by atoms with Gasteiger partial charge in [-0.05, 0) is 59.2 Å². The molecule has 0 amide bonds. The molecule has 0 aliphatic rings. The minimum Gasteiger partial charge on any atom is -0.464 e. The van der Waals surface area contributed by atoms with Crippen LogP contribution in [-0.4, -0.2) is 42.3 Å². The van der Waals surface area contributed by atoms with Crippen molar-refractivity contribution in [3.63, 3.8) is 0 Å². The van der Waals surface area contributed by atoms with Crippen molar-refractivity contribution in [2.45, 2.75) is 59.1 Å². The van der Waals surface area contributed by atoms with E-state index in [1.54, 1.807) is 41.5 Å². The Balaban J connectivity index is 3.66. The molecule has 1 aromatic carbocycles. The van der Waals surface area contributed by atoms with Crippen molar-refractivity contribution in [1.29, 1.82) is 10.5 Å². The van der Waals surface area contributed by atoms with Crippen LogP contribution in [0.2, 0.25) is 0 Å². The van der Waals surface area contributed by atoms with Gasteiger partial charge in [0.15, 0.2) is 11.5 Å². The van der Waals surface area contributed by atoms with Gasteiger partial charge in [-0.15, -0.1) is 0 Å². The number of benzene rings is 1. The topological polar surface area (TPSA) is 139 Å². The van der Waals surface area contributed by atoms with Crippen LogP contribution in [0.15, 0.2) is 18.2 Å². The Hall–Kier alpha value is -3.59. The number of carbonyl (C=O) groups is 3. The summed E-state index contributed by atoms with van der Waals surface area (Å²) in [4.78, 5) is 38.0. The summed E-state index contributed by atoms with van der Waals surface area (Å²) in [5, 5.41) is 21.9. The molecule has 0 spiro atoms. The normalized spacial score (nSPS) is 12.7. The van der Waals surface area contributed by atoms with Crippen molar-refractivity contribution in [3.05, 3.63) is 29.3 Å². The van der Waals surface area contributed by atoms with Gasteiger partial charge in [-0.2, -0.15) is 10.5 Å². The molecule has 0 aliphatic heterocycles. The van der Waals surface area contributed by atoms with Gasteiger partial charge in [-0.3, -0.25) is 0 Å². The van der Waals surface area contributed by atoms with Crippen LogP contribution in [0, 0.1) is 28.6 Å². The van der Waals surface area contributed by atoms with Crippen molar-refractivity contribution in [2.24, 2.45) is 5.92 Å². The maximum absolute atomic E-state index is 12.9. The van der Waals surface area contributed by atoms with Crippen LogP contribution in [0.1, 0.15) is 68.7 Å². The summed E-state index contributed by atoms with van der Waals surface area (Å²) in [7, 11) is 0. The Labute approximate surface area is 188 Å². The van der Waals surface area contributed by atoms with Gasteiger partial charge in [0.25, 0.3) is 0 Å². The predicted molar refractivity (Wildman–Crippen MR) is 116 cm³/mol. The summed E-state index contributed by atoms with van der Waals surface area (Å²) < 4.78 is 15.6. The molecule has 172 valence electrons. The van der Waals surface area contributed by atoms with Crippen LogP contribution in [0.5, 0.6) is 0 Å². The van der Waals surface area contributed by atoms with E-state index in [1.807, 2.05) is 12.1 Å². The maximum atomic E-state index is 12.9. The molecule has 0 aliphatic carbocycles. The first-order chi connectivity index (χ1) is 15.0. The first-order valence-corrected chi connectivity index (χ1v) is 10.3. The number of hydrogen-bond acceptors (Lipinski definition) is 9. The molecule has 1 aromatic rings. The molecule has 0 heterocycles. The Kier molecular flexibility index (Phi) is 9.21. The lowest BCUT2D eigenvalue weighted by Crippen LogP contribution is -2.52. The van der Waals surface area contributed by atoms with Gasteiger partial charge < -0.3 is 19.5 Å². The van der Waals surface area contributed by atoms with Crippen LogP contribution < -0.4 is 5.32 Å². The highest BCUT2D eigenvalue weighted by molar-refractivity contribution is 6.01. The van der Waals surface area contributed by atoms with Gasteiger partial charge in [-0.1, -0.05) is 6.92 Å². The Bertz CT molecular complexity index is 925. The zero-order valence-electron chi connectivity index (χ0n) is 19.3. The van der Waals surface area contributed by atoms with Crippen molar-refractivity contribution >= 4 is 23.6 Å². The molecule has 32 heavy (non-hydrogen) atoms. The zero-order valence-corrected chi connectivity index (χ0v) is 19.3. The quantitative estimate of drug-likeness (QED) is 0.448. The number of carbonyl (C=O) groups excluding carboxylic acids is 3. The van der Waals surface area contributed by atoms with Crippen molar-refractivity contribution in [1.82, 2.24) is 0 Å².